The Morgan fingerprint density at radius 3 is 2.85 bits per heavy atom. The van der Waals surface area contributed by atoms with Gasteiger partial charge in [0.05, 0.1) is 20.4 Å². The molecular formula is C14H18N2O4. The first-order valence-electron chi connectivity index (χ1n) is 6.39. The van der Waals surface area contributed by atoms with Crippen LogP contribution in [0.3, 0.4) is 0 Å². The van der Waals surface area contributed by atoms with Crippen LogP contribution in [0, 0.1) is 0 Å². The average Bonchev–Trinajstić information content (AvgIpc) is 3.27. The molecule has 0 saturated heterocycles. The Labute approximate surface area is 117 Å². The van der Waals surface area contributed by atoms with Crippen LogP contribution in [0.1, 0.15) is 18.4 Å². The van der Waals surface area contributed by atoms with E-state index in [0.717, 1.165) is 18.4 Å². The van der Waals surface area contributed by atoms with E-state index in [-0.39, 0.29) is 12.5 Å². The molecule has 2 rings (SSSR count). The van der Waals surface area contributed by atoms with Gasteiger partial charge in [0.2, 0.25) is 0 Å². The van der Waals surface area contributed by atoms with E-state index in [1.54, 1.807) is 32.4 Å². The molecule has 0 aromatic heterocycles. The van der Waals surface area contributed by atoms with Gasteiger partial charge >= 0.3 is 0 Å². The van der Waals surface area contributed by atoms with E-state index in [2.05, 4.69) is 10.5 Å². The van der Waals surface area contributed by atoms with Crippen molar-refractivity contribution in [1.29, 1.82) is 0 Å². The highest BCUT2D eigenvalue weighted by atomic mass is 16.6. The van der Waals surface area contributed by atoms with Crippen molar-refractivity contribution in [2.45, 2.75) is 18.9 Å². The molecule has 1 aliphatic rings. The number of amides is 1. The van der Waals surface area contributed by atoms with Gasteiger partial charge in [-0.15, -0.1) is 0 Å². The summed E-state index contributed by atoms with van der Waals surface area (Å²) in [6, 6.07) is 5.67. The van der Waals surface area contributed by atoms with Crippen LogP contribution in [-0.2, 0) is 9.63 Å². The standard InChI is InChI=1S/C14H18N2O4/c1-18-12-5-6-13(19-2)10(7-12)8-15-20-9-14(17)16-11-3-4-11/h5-8,11H,3-4,9H2,1-2H3,(H,16,17)/b15-8-. The summed E-state index contributed by atoms with van der Waals surface area (Å²) < 4.78 is 10.3. The molecular weight excluding hydrogens is 260 g/mol. The van der Waals surface area contributed by atoms with Crippen molar-refractivity contribution in [2.24, 2.45) is 5.16 Å². The zero-order valence-electron chi connectivity index (χ0n) is 11.6. The van der Waals surface area contributed by atoms with Crippen molar-refractivity contribution < 1.29 is 19.1 Å². The van der Waals surface area contributed by atoms with Crippen LogP contribution in [0.4, 0.5) is 0 Å². The van der Waals surface area contributed by atoms with E-state index in [1.807, 2.05) is 0 Å². The van der Waals surface area contributed by atoms with E-state index < -0.39 is 0 Å². The first-order valence-corrected chi connectivity index (χ1v) is 6.39. The van der Waals surface area contributed by atoms with Crippen LogP contribution in [0.25, 0.3) is 0 Å². The summed E-state index contributed by atoms with van der Waals surface area (Å²) in [4.78, 5) is 16.3. The number of oxime groups is 1. The van der Waals surface area contributed by atoms with Crippen molar-refractivity contribution in [2.75, 3.05) is 20.8 Å². The number of rotatable bonds is 7. The lowest BCUT2D eigenvalue weighted by Gasteiger charge is -2.06. The molecule has 1 aromatic carbocycles. The molecule has 0 heterocycles. The third-order valence-electron chi connectivity index (χ3n) is 2.84. The lowest BCUT2D eigenvalue weighted by Crippen LogP contribution is -2.28. The van der Waals surface area contributed by atoms with Crippen molar-refractivity contribution >= 4 is 12.1 Å². The quantitative estimate of drug-likeness (QED) is 0.603. The van der Waals surface area contributed by atoms with Gasteiger partial charge in [0, 0.05) is 11.6 Å². The van der Waals surface area contributed by atoms with Crippen molar-refractivity contribution in [3.05, 3.63) is 23.8 Å². The summed E-state index contributed by atoms with van der Waals surface area (Å²) in [7, 11) is 3.16. The van der Waals surface area contributed by atoms with E-state index in [0.29, 0.717) is 17.5 Å². The van der Waals surface area contributed by atoms with Gasteiger partial charge in [-0.3, -0.25) is 4.79 Å². The molecule has 0 atom stereocenters. The number of nitrogens with one attached hydrogen (secondary N) is 1. The number of hydrogen-bond acceptors (Lipinski definition) is 5. The number of nitrogens with zero attached hydrogens (tertiary/aromatic N) is 1. The first-order chi connectivity index (χ1) is 9.72. The highest BCUT2D eigenvalue weighted by molar-refractivity contribution is 5.84. The van der Waals surface area contributed by atoms with Gasteiger partial charge in [-0.25, -0.2) is 0 Å². The second-order valence-electron chi connectivity index (χ2n) is 4.46. The molecule has 1 amide bonds. The van der Waals surface area contributed by atoms with E-state index in [4.69, 9.17) is 14.3 Å². The maximum atomic E-state index is 11.4. The molecule has 0 unspecified atom stereocenters. The Hall–Kier alpha value is -2.24. The van der Waals surface area contributed by atoms with Crippen LogP contribution < -0.4 is 14.8 Å². The molecule has 0 spiro atoms. The summed E-state index contributed by atoms with van der Waals surface area (Å²) in [6.45, 7) is -0.0840. The molecule has 1 aromatic rings. The number of hydrogen-bond donors (Lipinski definition) is 1. The number of methoxy groups -OCH3 is 2. The Balaban J connectivity index is 1.87. The minimum Gasteiger partial charge on any atom is -0.497 e. The second-order valence-corrected chi connectivity index (χ2v) is 4.46. The molecule has 1 aliphatic carbocycles. The molecule has 6 heteroatoms. The highest BCUT2D eigenvalue weighted by Gasteiger charge is 2.23. The zero-order chi connectivity index (χ0) is 14.4. The lowest BCUT2D eigenvalue weighted by molar-refractivity contribution is -0.125. The molecule has 1 fully saturated rings. The maximum Gasteiger partial charge on any atom is 0.260 e. The van der Waals surface area contributed by atoms with Crippen molar-refractivity contribution in [3.63, 3.8) is 0 Å². The molecule has 0 radical (unpaired) electrons. The minimum atomic E-state index is -0.151. The molecule has 1 saturated carbocycles. The van der Waals surface area contributed by atoms with Gasteiger partial charge in [-0.05, 0) is 31.0 Å². The Morgan fingerprint density at radius 1 is 1.40 bits per heavy atom. The largest absolute Gasteiger partial charge is 0.497 e. The van der Waals surface area contributed by atoms with Crippen LogP contribution in [0.15, 0.2) is 23.4 Å². The monoisotopic (exact) mass is 278 g/mol. The first kappa shape index (κ1) is 14.2. The predicted molar refractivity (Wildman–Crippen MR) is 74.3 cm³/mol. The summed E-state index contributed by atoms with van der Waals surface area (Å²) in [5, 5.41) is 6.58. The lowest BCUT2D eigenvalue weighted by atomic mass is 10.2. The maximum absolute atomic E-state index is 11.4. The Morgan fingerprint density at radius 2 is 2.20 bits per heavy atom. The van der Waals surface area contributed by atoms with Gasteiger partial charge in [0.1, 0.15) is 11.5 Å². The normalized spacial score (nSPS) is 14.1. The summed E-state index contributed by atoms with van der Waals surface area (Å²) in [5.74, 6) is 1.20. The molecule has 1 N–H and O–H groups in total. The number of benzene rings is 1. The summed E-state index contributed by atoms with van der Waals surface area (Å²) in [6.07, 6.45) is 3.60. The molecule has 0 bridgehead atoms. The fourth-order valence-corrected chi connectivity index (χ4v) is 1.63. The van der Waals surface area contributed by atoms with E-state index >= 15 is 0 Å². The number of ether oxygens (including phenoxy) is 2. The fraction of sp³-hybridized carbons (Fsp3) is 0.429. The topological polar surface area (TPSA) is 69.1 Å². The summed E-state index contributed by atoms with van der Waals surface area (Å²) in [5.41, 5.74) is 0.717. The summed E-state index contributed by atoms with van der Waals surface area (Å²) >= 11 is 0. The van der Waals surface area contributed by atoms with Crippen LogP contribution in [0.5, 0.6) is 11.5 Å². The molecule has 20 heavy (non-hydrogen) atoms. The van der Waals surface area contributed by atoms with Gasteiger partial charge in [0.15, 0.2) is 6.61 Å². The average molecular weight is 278 g/mol. The van der Waals surface area contributed by atoms with Crippen molar-refractivity contribution in [3.8, 4) is 11.5 Å². The van der Waals surface area contributed by atoms with Crippen molar-refractivity contribution in [1.82, 2.24) is 5.32 Å². The van der Waals surface area contributed by atoms with Crippen LogP contribution in [0.2, 0.25) is 0 Å². The SMILES string of the molecule is COc1ccc(OC)c(/C=N\OCC(=O)NC2CC2)c1. The zero-order valence-corrected chi connectivity index (χ0v) is 11.6. The minimum absolute atomic E-state index is 0.0840. The van der Waals surface area contributed by atoms with Gasteiger partial charge < -0.3 is 19.6 Å². The Bertz CT molecular complexity index is 498. The third-order valence-corrected chi connectivity index (χ3v) is 2.84. The third kappa shape index (κ3) is 4.15. The predicted octanol–water partition coefficient (Wildman–Crippen LogP) is 1.33. The highest BCUT2D eigenvalue weighted by Crippen LogP contribution is 2.22. The Kier molecular flexibility index (Phi) is 4.81. The van der Waals surface area contributed by atoms with E-state index in [1.165, 1.54) is 6.21 Å². The van der Waals surface area contributed by atoms with Crippen LogP contribution in [-0.4, -0.2) is 39.0 Å². The number of carbonyl (C=O) groups is 1. The second kappa shape index (κ2) is 6.79. The van der Waals surface area contributed by atoms with Gasteiger partial charge in [-0.2, -0.15) is 0 Å². The van der Waals surface area contributed by atoms with E-state index in [9.17, 15) is 4.79 Å². The smallest absolute Gasteiger partial charge is 0.260 e. The molecule has 108 valence electrons. The fourth-order valence-electron chi connectivity index (χ4n) is 1.63. The van der Waals surface area contributed by atoms with Crippen LogP contribution >= 0.6 is 0 Å². The molecule has 6 nitrogen and oxygen atoms in total. The van der Waals surface area contributed by atoms with Gasteiger partial charge in [0.25, 0.3) is 5.91 Å². The number of carbonyl (C=O) groups excluding carboxylic acids is 1. The molecule has 0 aliphatic heterocycles. The van der Waals surface area contributed by atoms with Gasteiger partial charge in [-0.1, -0.05) is 5.16 Å².